The summed E-state index contributed by atoms with van der Waals surface area (Å²) in [6.07, 6.45) is 3.43. The number of urea groups is 1. The largest absolute Gasteiger partial charge is 0.378 e. The van der Waals surface area contributed by atoms with Crippen LogP contribution < -0.4 is 15.5 Å². The zero-order valence-corrected chi connectivity index (χ0v) is 14.4. The first kappa shape index (κ1) is 17.2. The van der Waals surface area contributed by atoms with Crippen LogP contribution in [0.1, 0.15) is 24.1 Å². The van der Waals surface area contributed by atoms with Gasteiger partial charge in [0, 0.05) is 37.7 Å². The van der Waals surface area contributed by atoms with E-state index in [1.807, 2.05) is 19.1 Å². The summed E-state index contributed by atoms with van der Waals surface area (Å²) in [6.45, 7) is 5.86. The molecule has 6 nitrogen and oxygen atoms in total. The van der Waals surface area contributed by atoms with Crippen LogP contribution in [0.2, 0.25) is 0 Å². The molecule has 0 aliphatic carbocycles. The van der Waals surface area contributed by atoms with E-state index in [1.165, 1.54) is 5.69 Å². The SMILES string of the molecule is CC(NC(=O)NCc1ccncc1)c1ccc(N2CCOCC2)cc1. The van der Waals surface area contributed by atoms with Crippen LogP contribution >= 0.6 is 0 Å². The Hall–Kier alpha value is -2.60. The number of ether oxygens (including phenoxy) is 1. The number of aromatic nitrogens is 1. The fourth-order valence-electron chi connectivity index (χ4n) is 2.81. The van der Waals surface area contributed by atoms with E-state index in [2.05, 4.69) is 44.8 Å². The Morgan fingerprint density at radius 3 is 2.52 bits per heavy atom. The standard InChI is InChI=1S/C19H24N4O2/c1-15(22-19(24)21-14-16-6-8-20-9-7-16)17-2-4-18(5-3-17)23-10-12-25-13-11-23/h2-9,15H,10-14H2,1H3,(H2,21,22,24). The van der Waals surface area contributed by atoms with Crippen molar-refractivity contribution in [3.8, 4) is 0 Å². The van der Waals surface area contributed by atoms with Crippen molar-refractivity contribution in [2.24, 2.45) is 0 Å². The van der Waals surface area contributed by atoms with Gasteiger partial charge in [-0.25, -0.2) is 4.79 Å². The molecule has 1 fully saturated rings. The van der Waals surface area contributed by atoms with E-state index in [1.54, 1.807) is 12.4 Å². The molecule has 2 amide bonds. The van der Waals surface area contributed by atoms with Gasteiger partial charge in [-0.05, 0) is 42.3 Å². The van der Waals surface area contributed by atoms with E-state index >= 15 is 0 Å². The molecular formula is C19H24N4O2. The zero-order chi connectivity index (χ0) is 17.5. The van der Waals surface area contributed by atoms with E-state index in [9.17, 15) is 4.79 Å². The average Bonchev–Trinajstić information content (AvgIpc) is 2.68. The van der Waals surface area contributed by atoms with Crippen LogP contribution in [-0.2, 0) is 11.3 Å². The van der Waals surface area contributed by atoms with Crippen LogP contribution in [0.3, 0.4) is 0 Å². The van der Waals surface area contributed by atoms with Gasteiger partial charge in [0.25, 0.3) is 0 Å². The fourth-order valence-corrected chi connectivity index (χ4v) is 2.81. The number of pyridine rings is 1. The molecule has 0 radical (unpaired) electrons. The van der Waals surface area contributed by atoms with Crippen LogP contribution in [0.15, 0.2) is 48.8 Å². The third-order valence-corrected chi connectivity index (χ3v) is 4.32. The molecule has 2 N–H and O–H groups in total. The quantitative estimate of drug-likeness (QED) is 0.877. The molecule has 25 heavy (non-hydrogen) atoms. The summed E-state index contributed by atoms with van der Waals surface area (Å²) in [5.74, 6) is 0. The van der Waals surface area contributed by atoms with E-state index < -0.39 is 0 Å². The van der Waals surface area contributed by atoms with Crippen molar-refractivity contribution in [3.05, 3.63) is 59.9 Å². The lowest BCUT2D eigenvalue weighted by Gasteiger charge is -2.29. The molecule has 1 aliphatic heterocycles. The lowest BCUT2D eigenvalue weighted by molar-refractivity contribution is 0.122. The monoisotopic (exact) mass is 340 g/mol. The second-order valence-corrected chi connectivity index (χ2v) is 6.10. The molecule has 2 heterocycles. The highest BCUT2D eigenvalue weighted by Gasteiger charge is 2.13. The third kappa shape index (κ3) is 4.93. The number of morpholine rings is 1. The molecule has 2 aromatic rings. The maximum absolute atomic E-state index is 12.1. The first-order valence-electron chi connectivity index (χ1n) is 8.58. The van der Waals surface area contributed by atoms with Gasteiger partial charge in [-0.2, -0.15) is 0 Å². The van der Waals surface area contributed by atoms with Gasteiger partial charge in [0.2, 0.25) is 0 Å². The lowest BCUT2D eigenvalue weighted by Crippen LogP contribution is -2.37. The van der Waals surface area contributed by atoms with Crippen molar-refractivity contribution in [2.75, 3.05) is 31.2 Å². The molecule has 1 saturated heterocycles. The molecule has 1 aromatic carbocycles. The number of nitrogens with zero attached hydrogens (tertiary/aromatic N) is 2. The maximum atomic E-state index is 12.1. The maximum Gasteiger partial charge on any atom is 0.315 e. The fraction of sp³-hybridized carbons (Fsp3) is 0.368. The molecular weight excluding hydrogens is 316 g/mol. The molecule has 0 spiro atoms. The minimum atomic E-state index is -0.179. The normalized spacial score (nSPS) is 15.5. The number of carbonyl (C=O) groups excluding carboxylic acids is 1. The highest BCUT2D eigenvalue weighted by atomic mass is 16.5. The topological polar surface area (TPSA) is 66.5 Å². The van der Waals surface area contributed by atoms with Crippen molar-refractivity contribution in [3.63, 3.8) is 0 Å². The molecule has 0 saturated carbocycles. The van der Waals surface area contributed by atoms with Crippen molar-refractivity contribution < 1.29 is 9.53 Å². The number of hydrogen-bond donors (Lipinski definition) is 2. The second-order valence-electron chi connectivity index (χ2n) is 6.10. The minimum absolute atomic E-state index is 0.0591. The van der Waals surface area contributed by atoms with Gasteiger partial charge in [0.1, 0.15) is 0 Å². The van der Waals surface area contributed by atoms with E-state index in [0.717, 1.165) is 37.4 Å². The van der Waals surface area contributed by atoms with Crippen LogP contribution in [0.5, 0.6) is 0 Å². The number of hydrogen-bond acceptors (Lipinski definition) is 4. The van der Waals surface area contributed by atoms with Gasteiger partial charge < -0.3 is 20.3 Å². The van der Waals surface area contributed by atoms with Crippen LogP contribution in [0, 0.1) is 0 Å². The molecule has 132 valence electrons. The Morgan fingerprint density at radius 2 is 1.84 bits per heavy atom. The van der Waals surface area contributed by atoms with Gasteiger partial charge in [-0.1, -0.05) is 12.1 Å². The Balaban J connectivity index is 1.50. The number of amides is 2. The van der Waals surface area contributed by atoms with Crippen molar-refractivity contribution in [2.45, 2.75) is 19.5 Å². The first-order chi connectivity index (χ1) is 12.2. The Morgan fingerprint density at radius 1 is 1.16 bits per heavy atom. The van der Waals surface area contributed by atoms with E-state index in [4.69, 9.17) is 4.74 Å². The third-order valence-electron chi connectivity index (χ3n) is 4.32. The van der Waals surface area contributed by atoms with E-state index in [0.29, 0.717) is 6.54 Å². The summed E-state index contributed by atoms with van der Waals surface area (Å²) in [7, 11) is 0. The van der Waals surface area contributed by atoms with Gasteiger partial charge in [0.05, 0.1) is 19.3 Å². The van der Waals surface area contributed by atoms with Gasteiger partial charge >= 0.3 is 6.03 Å². The smallest absolute Gasteiger partial charge is 0.315 e. The van der Waals surface area contributed by atoms with Crippen molar-refractivity contribution in [1.29, 1.82) is 0 Å². The Kier molecular flexibility index (Phi) is 5.85. The van der Waals surface area contributed by atoms with Gasteiger partial charge in [-0.15, -0.1) is 0 Å². The average molecular weight is 340 g/mol. The summed E-state index contributed by atoms with van der Waals surface area (Å²) < 4.78 is 5.38. The molecule has 1 aliphatic rings. The summed E-state index contributed by atoms with van der Waals surface area (Å²) >= 11 is 0. The number of rotatable bonds is 5. The number of benzene rings is 1. The molecule has 0 bridgehead atoms. The molecule has 1 atom stereocenters. The van der Waals surface area contributed by atoms with Crippen molar-refractivity contribution >= 4 is 11.7 Å². The summed E-state index contributed by atoms with van der Waals surface area (Å²) in [5, 5.41) is 5.83. The number of anilines is 1. The summed E-state index contributed by atoms with van der Waals surface area (Å²) in [6, 6.07) is 11.9. The predicted octanol–water partition coefficient (Wildman–Crippen LogP) is 2.48. The van der Waals surface area contributed by atoms with Gasteiger partial charge in [0.15, 0.2) is 0 Å². The van der Waals surface area contributed by atoms with Gasteiger partial charge in [-0.3, -0.25) is 4.98 Å². The van der Waals surface area contributed by atoms with Crippen LogP contribution in [0.4, 0.5) is 10.5 Å². The Labute approximate surface area is 148 Å². The Bertz CT molecular complexity index is 670. The number of carbonyl (C=O) groups is 1. The van der Waals surface area contributed by atoms with Crippen molar-refractivity contribution in [1.82, 2.24) is 15.6 Å². The highest BCUT2D eigenvalue weighted by molar-refractivity contribution is 5.74. The predicted molar refractivity (Wildman–Crippen MR) is 97.5 cm³/mol. The second kappa shape index (κ2) is 8.48. The first-order valence-corrected chi connectivity index (χ1v) is 8.58. The summed E-state index contributed by atoms with van der Waals surface area (Å²) in [5.41, 5.74) is 3.30. The molecule has 3 rings (SSSR count). The molecule has 1 aromatic heterocycles. The van der Waals surface area contributed by atoms with Crippen LogP contribution in [0.25, 0.3) is 0 Å². The summed E-state index contributed by atoms with van der Waals surface area (Å²) in [4.78, 5) is 18.3. The number of nitrogens with one attached hydrogen (secondary N) is 2. The van der Waals surface area contributed by atoms with Crippen LogP contribution in [-0.4, -0.2) is 37.3 Å². The lowest BCUT2D eigenvalue weighted by atomic mass is 10.1. The molecule has 1 unspecified atom stereocenters. The molecule has 6 heteroatoms. The zero-order valence-electron chi connectivity index (χ0n) is 14.4. The highest BCUT2D eigenvalue weighted by Crippen LogP contribution is 2.20. The van der Waals surface area contributed by atoms with E-state index in [-0.39, 0.29) is 12.1 Å². The minimum Gasteiger partial charge on any atom is -0.378 e.